The number of nitrogens with zero attached hydrogens (tertiary/aromatic N) is 1. The van der Waals surface area contributed by atoms with Gasteiger partial charge in [0.05, 0.1) is 0 Å². The normalized spacial score (nSPS) is 10.9. The maximum absolute atomic E-state index is 12.9. The van der Waals surface area contributed by atoms with Gasteiger partial charge in [-0.15, -0.1) is 0 Å². The van der Waals surface area contributed by atoms with E-state index < -0.39 is 5.91 Å². The van der Waals surface area contributed by atoms with Gasteiger partial charge >= 0.3 is 0 Å². The van der Waals surface area contributed by atoms with Crippen LogP contribution in [0.5, 0.6) is 11.5 Å². The van der Waals surface area contributed by atoms with Crippen LogP contribution in [0, 0.1) is 18.3 Å². The van der Waals surface area contributed by atoms with Crippen molar-refractivity contribution in [2.24, 2.45) is 0 Å². The molecule has 4 rings (SSSR count). The number of aryl methyl sites for hydroxylation is 1. The zero-order valence-corrected chi connectivity index (χ0v) is 21.9. The summed E-state index contributed by atoms with van der Waals surface area (Å²) in [6, 6.07) is 32.5. The van der Waals surface area contributed by atoms with Crippen molar-refractivity contribution in [1.29, 1.82) is 5.26 Å². The van der Waals surface area contributed by atoms with Crippen molar-refractivity contribution < 1.29 is 14.3 Å². The largest absolute Gasteiger partial charge is 0.489 e. The fourth-order valence-corrected chi connectivity index (χ4v) is 3.98. The Hall–Kier alpha value is -4.34. The van der Waals surface area contributed by atoms with Crippen LogP contribution in [-0.4, -0.2) is 5.91 Å². The van der Waals surface area contributed by atoms with Crippen LogP contribution in [-0.2, 0) is 18.0 Å². The number of nitriles is 1. The Morgan fingerprint density at radius 3 is 2.35 bits per heavy atom. The van der Waals surface area contributed by atoms with Crippen LogP contribution in [0.25, 0.3) is 6.08 Å². The van der Waals surface area contributed by atoms with Crippen LogP contribution in [0.3, 0.4) is 0 Å². The van der Waals surface area contributed by atoms with E-state index in [0.29, 0.717) is 36.0 Å². The van der Waals surface area contributed by atoms with Gasteiger partial charge in [0, 0.05) is 15.7 Å². The summed E-state index contributed by atoms with van der Waals surface area (Å²) in [6.07, 6.45) is 1.53. The SMILES string of the molecule is Cc1cccc(COc2ccc(Br)cc2/C=C(\C#N)C(=O)Nc2ccc(OCc3ccccc3)cc2)c1. The van der Waals surface area contributed by atoms with Crippen molar-refractivity contribution in [3.05, 3.63) is 129 Å². The van der Waals surface area contributed by atoms with E-state index in [4.69, 9.17) is 9.47 Å². The zero-order valence-electron chi connectivity index (χ0n) is 20.3. The van der Waals surface area contributed by atoms with Gasteiger partial charge in [-0.1, -0.05) is 76.1 Å². The van der Waals surface area contributed by atoms with Gasteiger partial charge < -0.3 is 14.8 Å². The minimum atomic E-state index is -0.509. The number of carbonyl (C=O) groups is 1. The molecule has 5 nitrogen and oxygen atoms in total. The lowest BCUT2D eigenvalue weighted by Crippen LogP contribution is -2.13. The molecule has 6 heteroatoms. The Morgan fingerprint density at radius 1 is 0.892 bits per heavy atom. The van der Waals surface area contributed by atoms with Gasteiger partial charge in [0.25, 0.3) is 5.91 Å². The molecule has 0 heterocycles. The summed E-state index contributed by atoms with van der Waals surface area (Å²) >= 11 is 3.46. The molecule has 0 spiro atoms. The lowest BCUT2D eigenvalue weighted by molar-refractivity contribution is -0.112. The fraction of sp³-hybridized carbons (Fsp3) is 0.0968. The number of hydrogen-bond donors (Lipinski definition) is 1. The highest BCUT2D eigenvalue weighted by atomic mass is 79.9. The second kappa shape index (κ2) is 12.6. The highest BCUT2D eigenvalue weighted by Crippen LogP contribution is 2.27. The van der Waals surface area contributed by atoms with E-state index in [1.165, 1.54) is 6.08 Å². The van der Waals surface area contributed by atoms with Gasteiger partial charge in [0.2, 0.25) is 0 Å². The summed E-state index contributed by atoms with van der Waals surface area (Å²) in [4.78, 5) is 12.9. The summed E-state index contributed by atoms with van der Waals surface area (Å²) in [7, 11) is 0. The molecule has 184 valence electrons. The highest BCUT2D eigenvalue weighted by molar-refractivity contribution is 9.10. The predicted octanol–water partition coefficient (Wildman–Crippen LogP) is 7.46. The topological polar surface area (TPSA) is 71.3 Å². The number of carbonyl (C=O) groups excluding carboxylic acids is 1. The molecule has 0 aromatic heterocycles. The maximum atomic E-state index is 12.9. The smallest absolute Gasteiger partial charge is 0.266 e. The minimum Gasteiger partial charge on any atom is -0.489 e. The number of hydrogen-bond acceptors (Lipinski definition) is 4. The van der Waals surface area contributed by atoms with Crippen molar-refractivity contribution in [2.45, 2.75) is 20.1 Å². The first-order chi connectivity index (χ1) is 18.0. The number of halogens is 1. The maximum Gasteiger partial charge on any atom is 0.266 e. The van der Waals surface area contributed by atoms with Crippen LogP contribution in [0.2, 0.25) is 0 Å². The first kappa shape index (κ1) is 25.7. The Labute approximate surface area is 225 Å². The minimum absolute atomic E-state index is 0.0390. The van der Waals surface area contributed by atoms with Crippen molar-refractivity contribution >= 4 is 33.6 Å². The van der Waals surface area contributed by atoms with Gasteiger partial charge in [-0.3, -0.25) is 4.79 Å². The van der Waals surface area contributed by atoms with Gasteiger partial charge in [0.1, 0.15) is 36.4 Å². The molecule has 0 aliphatic rings. The number of amides is 1. The average molecular weight is 553 g/mol. The van der Waals surface area contributed by atoms with Crippen LogP contribution in [0.15, 0.2) is 107 Å². The van der Waals surface area contributed by atoms with Gasteiger partial charge in [-0.2, -0.15) is 5.26 Å². The quantitative estimate of drug-likeness (QED) is 0.173. The third kappa shape index (κ3) is 7.57. The third-order valence-electron chi connectivity index (χ3n) is 5.47. The van der Waals surface area contributed by atoms with Crippen LogP contribution >= 0.6 is 15.9 Å². The molecule has 0 saturated heterocycles. The summed E-state index contributed by atoms with van der Waals surface area (Å²) < 4.78 is 12.6. The van der Waals surface area contributed by atoms with E-state index in [-0.39, 0.29) is 5.57 Å². The Kier molecular flexibility index (Phi) is 8.75. The first-order valence-electron chi connectivity index (χ1n) is 11.7. The number of rotatable bonds is 9. The lowest BCUT2D eigenvalue weighted by Gasteiger charge is -2.11. The number of benzene rings is 4. The molecule has 4 aromatic rings. The highest BCUT2D eigenvalue weighted by Gasteiger charge is 2.12. The van der Waals surface area contributed by atoms with Crippen molar-refractivity contribution in [3.8, 4) is 17.6 Å². The Morgan fingerprint density at radius 2 is 1.62 bits per heavy atom. The molecular weight excluding hydrogens is 528 g/mol. The Balaban J connectivity index is 1.43. The van der Waals surface area contributed by atoms with Crippen LogP contribution < -0.4 is 14.8 Å². The van der Waals surface area contributed by atoms with Crippen molar-refractivity contribution in [2.75, 3.05) is 5.32 Å². The summed E-state index contributed by atoms with van der Waals surface area (Å²) in [6.45, 7) is 2.85. The molecule has 0 atom stereocenters. The lowest BCUT2D eigenvalue weighted by atomic mass is 10.1. The molecule has 0 fully saturated rings. The predicted molar refractivity (Wildman–Crippen MR) is 149 cm³/mol. The molecule has 1 N–H and O–H groups in total. The molecule has 0 unspecified atom stereocenters. The molecule has 0 radical (unpaired) electrons. The molecule has 4 aromatic carbocycles. The van der Waals surface area contributed by atoms with Gasteiger partial charge in [-0.05, 0) is 66.6 Å². The standard InChI is InChI=1S/C31H25BrN2O3/c1-22-6-5-9-24(16-22)21-37-30-15-10-27(32)18-25(30)17-26(19-33)31(35)34-28-11-13-29(14-12-28)36-20-23-7-3-2-4-8-23/h2-18H,20-21H2,1H3,(H,34,35)/b26-17+. The second-order valence-corrected chi connectivity index (χ2v) is 9.30. The summed E-state index contributed by atoms with van der Waals surface area (Å²) in [5.74, 6) is 0.748. The molecule has 0 aliphatic heterocycles. The van der Waals surface area contributed by atoms with E-state index in [9.17, 15) is 10.1 Å². The van der Waals surface area contributed by atoms with E-state index in [1.54, 1.807) is 24.3 Å². The van der Waals surface area contributed by atoms with Crippen LogP contribution in [0.1, 0.15) is 22.3 Å². The zero-order chi connectivity index (χ0) is 26.0. The fourth-order valence-electron chi connectivity index (χ4n) is 3.60. The molecule has 1 amide bonds. The molecular formula is C31H25BrN2O3. The van der Waals surface area contributed by atoms with Crippen LogP contribution in [0.4, 0.5) is 5.69 Å². The van der Waals surface area contributed by atoms with E-state index >= 15 is 0 Å². The van der Waals surface area contributed by atoms with E-state index in [2.05, 4.69) is 27.3 Å². The van der Waals surface area contributed by atoms with Crippen molar-refractivity contribution in [3.63, 3.8) is 0 Å². The molecule has 0 aliphatic carbocycles. The van der Waals surface area contributed by atoms with E-state index in [0.717, 1.165) is 21.2 Å². The van der Waals surface area contributed by atoms with Gasteiger partial charge in [-0.25, -0.2) is 0 Å². The Bertz CT molecular complexity index is 1440. The third-order valence-corrected chi connectivity index (χ3v) is 5.97. The monoisotopic (exact) mass is 552 g/mol. The average Bonchev–Trinajstić information content (AvgIpc) is 2.91. The van der Waals surface area contributed by atoms with Crippen molar-refractivity contribution in [1.82, 2.24) is 0 Å². The molecule has 0 bridgehead atoms. The number of nitrogens with one attached hydrogen (secondary N) is 1. The van der Waals surface area contributed by atoms with Gasteiger partial charge in [0.15, 0.2) is 0 Å². The number of anilines is 1. The summed E-state index contributed by atoms with van der Waals surface area (Å²) in [5, 5.41) is 12.5. The second-order valence-electron chi connectivity index (χ2n) is 8.38. The number of ether oxygens (including phenoxy) is 2. The summed E-state index contributed by atoms with van der Waals surface area (Å²) in [5.41, 5.74) is 4.40. The molecule has 37 heavy (non-hydrogen) atoms. The molecule has 0 saturated carbocycles. The first-order valence-corrected chi connectivity index (χ1v) is 12.5. The van der Waals surface area contributed by atoms with E-state index in [1.807, 2.05) is 79.7 Å².